The average molecular weight is 169 g/mol. The first-order valence-electron chi connectivity index (χ1n) is 3.42. The minimum Gasteiger partial charge on any atom is -0.384 e. The van der Waals surface area contributed by atoms with Crippen LogP contribution >= 0.6 is 11.8 Å². The van der Waals surface area contributed by atoms with Gasteiger partial charge in [-0.2, -0.15) is 0 Å². The lowest BCUT2D eigenvalue weighted by atomic mass is 10.6. The van der Waals surface area contributed by atoms with Crippen molar-refractivity contribution in [3.05, 3.63) is 12.4 Å². The molecular formula is C7H11N3S. The summed E-state index contributed by atoms with van der Waals surface area (Å²) in [5.41, 5.74) is 5.47. The maximum absolute atomic E-state index is 5.47. The fourth-order valence-electron chi connectivity index (χ4n) is 0.659. The van der Waals surface area contributed by atoms with E-state index in [1.165, 1.54) is 6.33 Å². The first kappa shape index (κ1) is 8.33. The van der Waals surface area contributed by atoms with E-state index in [-0.39, 0.29) is 0 Å². The zero-order valence-corrected chi connectivity index (χ0v) is 7.43. The molecule has 60 valence electrons. The summed E-state index contributed by atoms with van der Waals surface area (Å²) in [6.07, 6.45) is 1.49. The first-order valence-corrected chi connectivity index (χ1v) is 4.30. The first-order chi connectivity index (χ1) is 5.18. The molecule has 3 nitrogen and oxygen atoms in total. The Morgan fingerprint density at radius 3 is 2.73 bits per heavy atom. The molecule has 0 aliphatic rings. The monoisotopic (exact) mass is 169 g/mol. The van der Waals surface area contributed by atoms with Gasteiger partial charge in [-0.3, -0.25) is 0 Å². The van der Waals surface area contributed by atoms with Crippen LogP contribution in [-0.2, 0) is 0 Å². The van der Waals surface area contributed by atoms with Gasteiger partial charge in [0, 0.05) is 11.3 Å². The van der Waals surface area contributed by atoms with Crippen LogP contribution in [0.1, 0.15) is 13.8 Å². The molecule has 1 heterocycles. The fraction of sp³-hybridized carbons (Fsp3) is 0.429. The van der Waals surface area contributed by atoms with E-state index in [2.05, 4.69) is 23.8 Å². The predicted molar refractivity (Wildman–Crippen MR) is 47.4 cm³/mol. The maximum atomic E-state index is 5.47. The van der Waals surface area contributed by atoms with Gasteiger partial charge in [-0.05, 0) is 0 Å². The highest BCUT2D eigenvalue weighted by Crippen LogP contribution is 2.20. The largest absolute Gasteiger partial charge is 0.384 e. The van der Waals surface area contributed by atoms with E-state index in [1.807, 2.05) is 0 Å². The molecule has 0 spiro atoms. The highest BCUT2D eigenvalue weighted by molar-refractivity contribution is 7.99. The second kappa shape index (κ2) is 3.57. The van der Waals surface area contributed by atoms with Crippen LogP contribution in [0.3, 0.4) is 0 Å². The summed E-state index contributed by atoms with van der Waals surface area (Å²) in [6, 6.07) is 1.78. The second-order valence-corrected chi connectivity index (χ2v) is 4.04. The Bertz CT molecular complexity index is 237. The lowest BCUT2D eigenvalue weighted by Crippen LogP contribution is -1.93. The van der Waals surface area contributed by atoms with Crippen LogP contribution < -0.4 is 5.73 Å². The second-order valence-electron chi connectivity index (χ2n) is 2.45. The smallest absolute Gasteiger partial charge is 0.127 e. The van der Waals surface area contributed by atoms with Gasteiger partial charge in [-0.1, -0.05) is 13.8 Å². The average Bonchev–Trinajstić information content (AvgIpc) is 1.85. The van der Waals surface area contributed by atoms with Crippen molar-refractivity contribution in [2.24, 2.45) is 0 Å². The van der Waals surface area contributed by atoms with Crippen LogP contribution in [-0.4, -0.2) is 15.2 Å². The standard InChI is InChI=1S/C7H11N3S/c1-5(2)11-7-3-6(8)9-4-10-7/h3-5H,1-2H3,(H2,8,9,10). The number of nitrogens with two attached hydrogens (primary N) is 1. The zero-order valence-electron chi connectivity index (χ0n) is 6.61. The molecule has 1 aromatic heterocycles. The van der Waals surface area contributed by atoms with Crippen LogP contribution in [0.4, 0.5) is 5.82 Å². The van der Waals surface area contributed by atoms with Crippen molar-refractivity contribution in [1.29, 1.82) is 0 Å². The van der Waals surface area contributed by atoms with Gasteiger partial charge in [-0.25, -0.2) is 9.97 Å². The summed E-state index contributed by atoms with van der Waals surface area (Å²) in [6.45, 7) is 4.23. The molecule has 4 heteroatoms. The van der Waals surface area contributed by atoms with Gasteiger partial charge >= 0.3 is 0 Å². The minimum atomic E-state index is 0.531. The van der Waals surface area contributed by atoms with Gasteiger partial charge in [-0.15, -0.1) is 11.8 Å². The quantitative estimate of drug-likeness (QED) is 0.539. The van der Waals surface area contributed by atoms with E-state index < -0.39 is 0 Å². The predicted octanol–water partition coefficient (Wildman–Crippen LogP) is 1.56. The molecule has 0 amide bonds. The van der Waals surface area contributed by atoms with Crippen LogP contribution in [0, 0.1) is 0 Å². The molecule has 0 radical (unpaired) electrons. The van der Waals surface area contributed by atoms with Crippen LogP contribution in [0.15, 0.2) is 17.4 Å². The maximum Gasteiger partial charge on any atom is 0.127 e. The Morgan fingerprint density at radius 2 is 2.18 bits per heavy atom. The fourth-order valence-corrected chi connectivity index (χ4v) is 1.44. The highest BCUT2D eigenvalue weighted by Gasteiger charge is 1.99. The van der Waals surface area contributed by atoms with E-state index in [4.69, 9.17) is 5.73 Å². The molecule has 0 bridgehead atoms. The molecule has 0 saturated heterocycles. The van der Waals surface area contributed by atoms with Crippen LogP contribution in [0.25, 0.3) is 0 Å². The number of thioether (sulfide) groups is 1. The van der Waals surface area contributed by atoms with Crippen molar-refractivity contribution in [2.75, 3.05) is 5.73 Å². The normalized spacial score (nSPS) is 10.5. The zero-order chi connectivity index (χ0) is 8.27. The number of hydrogen-bond donors (Lipinski definition) is 1. The number of rotatable bonds is 2. The molecule has 1 aromatic rings. The van der Waals surface area contributed by atoms with Crippen molar-refractivity contribution in [2.45, 2.75) is 24.1 Å². The molecule has 11 heavy (non-hydrogen) atoms. The van der Waals surface area contributed by atoms with E-state index in [0.29, 0.717) is 11.1 Å². The summed E-state index contributed by atoms with van der Waals surface area (Å²) in [4.78, 5) is 7.85. The summed E-state index contributed by atoms with van der Waals surface area (Å²) >= 11 is 1.68. The van der Waals surface area contributed by atoms with Crippen molar-refractivity contribution >= 4 is 17.6 Å². The molecule has 0 aromatic carbocycles. The number of hydrogen-bond acceptors (Lipinski definition) is 4. The molecule has 0 aliphatic carbocycles. The minimum absolute atomic E-state index is 0.531. The Balaban J connectivity index is 2.71. The highest BCUT2D eigenvalue weighted by atomic mass is 32.2. The SMILES string of the molecule is CC(C)Sc1cc(N)ncn1. The third kappa shape index (κ3) is 2.76. The number of anilines is 1. The number of aromatic nitrogens is 2. The van der Waals surface area contributed by atoms with Gasteiger partial charge < -0.3 is 5.73 Å². The van der Waals surface area contributed by atoms with Crippen molar-refractivity contribution < 1.29 is 0 Å². The summed E-state index contributed by atoms with van der Waals surface area (Å²) in [5.74, 6) is 0.531. The van der Waals surface area contributed by atoms with Crippen LogP contribution in [0.5, 0.6) is 0 Å². The van der Waals surface area contributed by atoms with Gasteiger partial charge in [0.2, 0.25) is 0 Å². The van der Waals surface area contributed by atoms with Gasteiger partial charge in [0.15, 0.2) is 0 Å². The molecule has 1 rings (SSSR count). The summed E-state index contributed by atoms with van der Waals surface area (Å²) in [5, 5.41) is 1.47. The molecule has 0 aliphatic heterocycles. The lowest BCUT2D eigenvalue weighted by molar-refractivity contribution is 1.03. The molecule has 2 N–H and O–H groups in total. The topological polar surface area (TPSA) is 51.8 Å². The Labute approximate surface area is 70.4 Å². The Kier molecular flexibility index (Phi) is 2.70. The van der Waals surface area contributed by atoms with Crippen molar-refractivity contribution in [3.63, 3.8) is 0 Å². The van der Waals surface area contributed by atoms with E-state index in [9.17, 15) is 0 Å². The molecule has 0 saturated carbocycles. The van der Waals surface area contributed by atoms with E-state index >= 15 is 0 Å². The summed E-state index contributed by atoms with van der Waals surface area (Å²) in [7, 11) is 0. The number of nitrogens with zero attached hydrogens (tertiary/aromatic N) is 2. The third-order valence-corrected chi connectivity index (χ3v) is 1.96. The molecule has 0 unspecified atom stereocenters. The van der Waals surface area contributed by atoms with Crippen molar-refractivity contribution in [1.82, 2.24) is 9.97 Å². The number of nitrogen functional groups attached to an aromatic ring is 1. The van der Waals surface area contributed by atoms with Gasteiger partial charge in [0.25, 0.3) is 0 Å². The van der Waals surface area contributed by atoms with Gasteiger partial charge in [0.05, 0.1) is 0 Å². The molecular weight excluding hydrogens is 158 g/mol. The van der Waals surface area contributed by atoms with Crippen LogP contribution in [0.2, 0.25) is 0 Å². The van der Waals surface area contributed by atoms with Crippen molar-refractivity contribution in [3.8, 4) is 0 Å². The Hall–Kier alpha value is -0.770. The molecule has 0 fully saturated rings. The summed E-state index contributed by atoms with van der Waals surface area (Å²) < 4.78 is 0. The van der Waals surface area contributed by atoms with E-state index in [1.54, 1.807) is 17.8 Å². The third-order valence-electron chi connectivity index (χ3n) is 1.02. The van der Waals surface area contributed by atoms with Gasteiger partial charge in [0.1, 0.15) is 17.2 Å². The molecule has 0 atom stereocenters. The Morgan fingerprint density at radius 1 is 1.45 bits per heavy atom. The lowest BCUT2D eigenvalue weighted by Gasteiger charge is -2.02. The van der Waals surface area contributed by atoms with E-state index in [0.717, 1.165) is 5.03 Å².